The summed E-state index contributed by atoms with van der Waals surface area (Å²) >= 11 is 0. The summed E-state index contributed by atoms with van der Waals surface area (Å²) in [5, 5.41) is 11.9. The highest BCUT2D eigenvalue weighted by molar-refractivity contribution is 5.39. The van der Waals surface area contributed by atoms with Gasteiger partial charge in [-0.1, -0.05) is 25.1 Å². The van der Waals surface area contributed by atoms with Crippen LogP contribution in [0, 0.1) is 25.2 Å². The number of aryl methyl sites for hydroxylation is 2. The molecule has 0 aliphatic heterocycles. The number of likely N-dealkylation sites (N-methyl/N-ethyl adjacent to an activating group) is 1. The Balaban J connectivity index is 2.64. The molecule has 86 valence electrons. The van der Waals surface area contributed by atoms with E-state index in [0.29, 0.717) is 6.61 Å². The highest BCUT2D eigenvalue weighted by Crippen LogP contribution is 2.22. The molecule has 0 bridgehead atoms. The maximum atomic E-state index is 8.88. The van der Waals surface area contributed by atoms with Crippen LogP contribution in [0.4, 0.5) is 0 Å². The van der Waals surface area contributed by atoms with Crippen molar-refractivity contribution >= 4 is 0 Å². The molecule has 0 amide bonds. The quantitative estimate of drug-likeness (QED) is 0.824. The lowest BCUT2D eigenvalue weighted by Gasteiger charge is -2.15. The van der Waals surface area contributed by atoms with E-state index in [2.05, 4.69) is 11.4 Å². The summed E-state index contributed by atoms with van der Waals surface area (Å²) in [7, 11) is 0. The van der Waals surface area contributed by atoms with Crippen molar-refractivity contribution in [3.05, 3.63) is 29.3 Å². The van der Waals surface area contributed by atoms with Gasteiger partial charge in [-0.3, -0.25) is 5.32 Å². The molecule has 1 rings (SSSR count). The Morgan fingerprint density at radius 1 is 1.38 bits per heavy atom. The van der Waals surface area contributed by atoms with Gasteiger partial charge < -0.3 is 4.74 Å². The number of para-hydroxylation sites is 1. The van der Waals surface area contributed by atoms with E-state index >= 15 is 0 Å². The average molecular weight is 218 g/mol. The molecule has 1 N–H and O–H groups in total. The first-order chi connectivity index (χ1) is 7.69. The molecule has 0 aliphatic rings. The molecule has 0 saturated carbocycles. The topological polar surface area (TPSA) is 45.0 Å². The normalized spacial score (nSPS) is 11.9. The fourth-order valence-electron chi connectivity index (χ4n) is 1.58. The summed E-state index contributed by atoms with van der Waals surface area (Å²) in [5.74, 6) is 0.889. The molecule has 1 atom stereocenters. The second kappa shape index (κ2) is 6.14. The van der Waals surface area contributed by atoms with E-state index in [1.165, 1.54) is 0 Å². The summed E-state index contributed by atoms with van der Waals surface area (Å²) in [4.78, 5) is 0. The third-order valence-corrected chi connectivity index (χ3v) is 2.41. The first kappa shape index (κ1) is 12.5. The maximum Gasteiger partial charge on any atom is 0.130 e. The van der Waals surface area contributed by atoms with Crippen molar-refractivity contribution in [1.82, 2.24) is 5.32 Å². The van der Waals surface area contributed by atoms with Crippen LogP contribution < -0.4 is 10.1 Å². The van der Waals surface area contributed by atoms with Crippen molar-refractivity contribution in [2.75, 3.05) is 13.2 Å². The van der Waals surface area contributed by atoms with Crippen LogP contribution in [0.1, 0.15) is 18.1 Å². The van der Waals surface area contributed by atoms with Crippen molar-refractivity contribution in [3.8, 4) is 11.8 Å². The number of hydrogen-bond acceptors (Lipinski definition) is 3. The van der Waals surface area contributed by atoms with E-state index in [-0.39, 0.29) is 6.04 Å². The lowest BCUT2D eigenvalue weighted by molar-refractivity contribution is 0.287. The molecule has 0 heterocycles. The van der Waals surface area contributed by atoms with E-state index in [0.717, 1.165) is 23.4 Å². The third kappa shape index (κ3) is 3.25. The monoisotopic (exact) mass is 218 g/mol. The third-order valence-electron chi connectivity index (χ3n) is 2.41. The van der Waals surface area contributed by atoms with Gasteiger partial charge in [0.15, 0.2) is 0 Å². The van der Waals surface area contributed by atoms with Gasteiger partial charge in [0.05, 0.1) is 6.07 Å². The van der Waals surface area contributed by atoms with E-state index < -0.39 is 0 Å². The fraction of sp³-hybridized carbons (Fsp3) is 0.462. The van der Waals surface area contributed by atoms with Crippen molar-refractivity contribution in [2.24, 2.45) is 0 Å². The van der Waals surface area contributed by atoms with E-state index in [4.69, 9.17) is 10.00 Å². The van der Waals surface area contributed by atoms with Gasteiger partial charge >= 0.3 is 0 Å². The van der Waals surface area contributed by atoms with Gasteiger partial charge in [-0.05, 0) is 31.5 Å². The molecule has 0 aromatic heterocycles. The van der Waals surface area contributed by atoms with Gasteiger partial charge in [0.1, 0.15) is 18.4 Å². The summed E-state index contributed by atoms with van der Waals surface area (Å²) in [6.45, 7) is 7.15. The van der Waals surface area contributed by atoms with Crippen LogP contribution >= 0.6 is 0 Å². The van der Waals surface area contributed by atoms with Crippen LogP contribution in [-0.2, 0) is 0 Å². The number of benzene rings is 1. The molecule has 0 radical (unpaired) electrons. The standard InChI is InChI=1S/C13H18N2O/c1-4-15-12(8-14)9-16-13-10(2)6-5-7-11(13)3/h5-7,12,15H,4,9H2,1-3H3. The van der Waals surface area contributed by atoms with Crippen molar-refractivity contribution < 1.29 is 4.74 Å². The first-order valence-corrected chi connectivity index (χ1v) is 5.51. The lowest BCUT2D eigenvalue weighted by atomic mass is 10.1. The van der Waals surface area contributed by atoms with Gasteiger partial charge in [0.2, 0.25) is 0 Å². The SMILES string of the molecule is CCNC(C#N)COc1c(C)cccc1C. The van der Waals surface area contributed by atoms with Gasteiger partial charge in [-0.25, -0.2) is 0 Å². The Kier molecular flexibility index (Phi) is 4.81. The van der Waals surface area contributed by atoms with Gasteiger partial charge in [-0.15, -0.1) is 0 Å². The zero-order chi connectivity index (χ0) is 12.0. The first-order valence-electron chi connectivity index (χ1n) is 5.51. The zero-order valence-corrected chi connectivity index (χ0v) is 10.1. The minimum absolute atomic E-state index is 0.246. The number of nitrogens with one attached hydrogen (secondary N) is 1. The van der Waals surface area contributed by atoms with E-state index in [1.807, 2.05) is 39.0 Å². The number of hydrogen-bond donors (Lipinski definition) is 1. The van der Waals surface area contributed by atoms with E-state index in [1.54, 1.807) is 0 Å². The molecule has 0 spiro atoms. The van der Waals surface area contributed by atoms with Gasteiger partial charge in [-0.2, -0.15) is 5.26 Å². The zero-order valence-electron chi connectivity index (χ0n) is 10.1. The van der Waals surface area contributed by atoms with E-state index in [9.17, 15) is 0 Å². The Bertz CT molecular complexity index is 362. The predicted molar refractivity (Wildman–Crippen MR) is 64.5 cm³/mol. The minimum atomic E-state index is -0.246. The molecular formula is C13H18N2O. The smallest absolute Gasteiger partial charge is 0.130 e. The second-order valence-electron chi connectivity index (χ2n) is 3.77. The molecule has 3 nitrogen and oxygen atoms in total. The Hall–Kier alpha value is -1.53. The second-order valence-corrected chi connectivity index (χ2v) is 3.77. The highest BCUT2D eigenvalue weighted by Gasteiger charge is 2.08. The Morgan fingerprint density at radius 3 is 2.50 bits per heavy atom. The molecule has 1 aromatic rings. The van der Waals surface area contributed by atoms with Crippen molar-refractivity contribution in [3.63, 3.8) is 0 Å². The molecular weight excluding hydrogens is 200 g/mol. The highest BCUT2D eigenvalue weighted by atomic mass is 16.5. The van der Waals surface area contributed by atoms with Crippen LogP contribution in [-0.4, -0.2) is 19.2 Å². The van der Waals surface area contributed by atoms with Crippen LogP contribution in [0.3, 0.4) is 0 Å². The number of nitrogens with zero attached hydrogens (tertiary/aromatic N) is 1. The molecule has 0 aliphatic carbocycles. The number of nitriles is 1. The molecule has 0 fully saturated rings. The average Bonchev–Trinajstić information content (AvgIpc) is 2.27. The Morgan fingerprint density at radius 2 is 2.00 bits per heavy atom. The van der Waals surface area contributed by atoms with Crippen molar-refractivity contribution in [2.45, 2.75) is 26.8 Å². The number of rotatable bonds is 5. The molecule has 0 saturated heterocycles. The van der Waals surface area contributed by atoms with Crippen LogP contribution in [0.2, 0.25) is 0 Å². The van der Waals surface area contributed by atoms with Crippen LogP contribution in [0.15, 0.2) is 18.2 Å². The summed E-state index contributed by atoms with van der Waals surface area (Å²) in [6, 6.07) is 7.96. The minimum Gasteiger partial charge on any atom is -0.490 e. The molecule has 3 heteroatoms. The molecule has 1 unspecified atom stereocenters. The summed E-state index contributed by atoms with van der Waals surface area (Å²) < 4.78 is 5.69. The Labute approximate surface area is 97.0 Å². The van der Waals surface area contributed by atoms with Crippen LogP contribution in [0.5, 0.6) is 5.75 Å². The van der Waals surface area contributed by atoms with Crippen LogP contribution in [0.25, 0.3) is 0 Å². The summed E-state index contributed by atoms with van der Waals surface area (Å²) in [5.41, 5.74) is 2.21. The largest absolute Gasteiger partial charge is 0.490 e. The van der Waals surface area contributed by atoms with Gasteiger partial charge in [0, 0.05) is 0 Å². The number of ether oxygens (including phenoxy) is 1. The van der Waals surface area contributed by atoms with Gasteiger partial charge in [0.25, 0.3) is 0 Å². The fourth-order valence-corrected chi connectivity index (χ4v) is 1.58. The predicted octanol–water partition coefficient (Wildman–Crippen LogP) is 2.18. The molecule has 16 heavy (non-hydrogen) atoms. The van der Waals surface area contributed by atoms with Crippen molar-refractivity contribution in [1.29, 1.82) is 5.26 Å². The maximum absolute atomic E-state index is 8.88. The molecule has 1 aromatic carbocycles. The summed E-state index contributed by atoms with van der Waals surface area (Å²) in [6.07, 6.45) is 0. The lowest BCUT2D eigenvalue weighted by Crippen LogP contribution is -2.33.